The van der Waals surface area contributed by atoms with Crippen molar-refractivity contribution in [1.82, 2.24) is 10.2 Å². The zero-order valence-electron chi connectivity index (χ0n) is 15.1. The molecule has 1 aromatic rings. The molecule has 142 valence electrons. The fourth-order valence-corrected chi connectivity index (χ4v) is 4.11. The molecule has 7 nitrogen and oxygen atoms in total. The van der Waals surface area contributed by atoms with Crippen LogP contribution in [0.15, 0.2) is 22.8 Å². The summed E-state index contributed by atoms with van der Waals surface area (Å²) in [7, 11) is 1.51. The maximum Gasteiger partial charge on any atom is 0.306 e. The van der Waals surface area contributed by atoms with Gasteiger partial charge < -0.3 is 19.4 Å². The monoisotopic (exact) mass is 362 g/mol. The van der Waals surface area contributed by atoms with E-state index in [-0.39, 0.29) is 37.5 Å². The Morgan fingerprint density at radius 3 is 2.81 bits per heavy atom. The Kier molecular flexibility index (Phi) is 5.96. The summed E-state index contributed by atoms with van der Waals surface area (Å²) in [5, 5.41) is 2.67. The van der Waals surface area contributed by atoms with E-state index in [9.17, 15) is 14.4 Å². The molecule has 7 heteroatoms. The summed E-state index contributed by atoms with van der Waals surface area (Å²) in [5.74, 6) is 1.49. The summed E-state index contributed by atoms with van der Waals surface area (Å²) in [6, 6.07) is 3.49. The van der Waals surface area contributed by atoms with Gasteiger partial charge in [0, 0.05) is 13.5 Å². The first kappa shape index (κ1) is 18.5. The highest BCUT2D eigenvalue weighted by Gasteiger charge is 2.40. The van der Waals surface area contributed by atoms with E-state index in [1.165, 1.54) is 37.5 Å². The number of carbonyl (C=O) groups excluding carboxylic acids is 3. The molecular weight excluding hydrogens is 336 g/mol. The topological polar surface area (TPSA) is 88.8 Å². The Balaban J connectivity index is 1.31. The predicted octanol–water partition coefficient (Wildman–Crippen LogP) is 1.72. The largest absolute Gasteiger partial charge is 0.467 e. The van der Waals surface area contributed by atoms with Crippen LogP contribution in [0.4, 0.5) is 0 Å². The molecule has 2 bridgehead atoms. The molecular formula is C19H26N2O5. The third kappa shape index (κ3) is 4.86. The van der Waals surface area contributed by atoms with Crippen LogP contribution in [0.25, 0.3) is 0 Å². The Labute approximate surface area is 153 Å². The van der Waals surface area contributed by atoms with E-state index in [2.05, 4.69) is 5.32 Å². The second-order valence-corrected chi connectivity index (χ2v) is 7.41. The van der Waals surface area contributed by atoms with E-state index < -0.39 is 0 Å². The van der Waals surface area contributed by atoms with Gasteiger partial charge in [0.2, 0.25) is 5.91 Å². The van der Waals surface area contributed by atoms with Crippen LogP contribution in [0.3, 0.4) is 0 Å². The molecule has 2 aliphatic rings. The Morgan fingerprint density at radius 2 is 2.15 bits per heavy atom. The standard InChI is InChI=1S/C19H26N2O5/c1-21(11-17(22)20-10-16-3-2-6-25-16)18(23)12-26-19(24)9-15-8-13-4-5-14(15)7-13/h2-3,6,13-15H,4-5,7-12H2,1H3,(H,20,22)/t13-,14-,15-/m1/s1. The first-order valence-corrected chi connectivity index (χ1v) is 9.20. The van der Waals surface area contributed by atoms with Crippen molar-refractivity contribution in [3.8, 4) is 0 Å². The molecule has 3 atom stereocenters. The zero-order valence-corrected chi connectivity index (χ0v) is 15.1. The first-order chi connectivity index (χ1) is 12.5. The molecule has 0 radical (unpaired) electrons. The van der Waals surface area contributed by atoms with Crippen LogP contribution in [-0.4, -0.2) is 42.9 Å². The minimum Gasteiger partial charge on any atom is -0.467 e. The molecule has 1 N–H and O–H groups in total. The summed E-state index contributed by atoms with van der Waals surface area (Å²) >= 11 is 0. The van der Waals surface area contributed by atoms with E-state index in [0.29, 0.717) is 24.0 Å². The Hall–Kier alpha value is -2.31. The van der Waals surface area contributed by atoms with Crippen molar-refractivity contribution < 1.29 is 23.5 Å². The molecule has 0 saturated heterocycles. The van der Waals surface area contributed by atoms with E-state index in [1.54, 1.807) is 12.1 Å². The number of rotatable bonds is 8. The van der Waals surface area contributed by atoms with Crippen molar-refractivity contribution >= 4 is 17.8 Å². The number of amides is 2. The van der Waals surface area contributed by atoms with Crippen molar-refractivity contribution in [1.29, 1.82) is 0 Å². The molecule has 3 rings (SSSR count). The molecule has 0 spiro atoms. The van der Waals surface area contributed by atoms with Gasteiger partial charge in [0.15, 0.2) is 6.61 Å². The average molecular weight is 362 g/mol. The van der Waals surface area contributed by atoms with Gasteiger partial charge in [0.1, 0.15) is 5.76 Å². The predicted molar refractivity (Wildman–Crippen MR) is 92.7 cm³/mol. The van der Waals surface area contributed by atoms with Crippen molar-refractivity contribution in [3.05, 3.63) is 24.2 Å². The number of furan rings is 1. The second kappa shape index (κ2) is 8.38. The molecule has 2 amide bonds. The van der Waals surface area contributed by atoms with Crippen molar-refractivity contribution in [2.75, 3.05) is 20.2 Å². The SMILES string of the molecule is CN(CC(=O)NCc1ccco1)C(=O)COC(=O)C[C@H]1C[C@@H]2CC[C@@H]1C2. The second-order valence-electron chi connectivity index (χ2n) is 7.41. The number of ether oxygens (including phenoxy) is 1. The fourth-order valence-electron chi connectivity index (χ4n) is 4.11. The normalized spacial score (nSPS) is 23.7. The quantitative estimate of drug-likeness (QED) is 0.712. The number of hydrogen-bond acceptors (Lipinski definition) is 5. The molecule has 2 aliphatic carbocycles. The molecule has 1 aromatic heterocycles. The highest BCUT2D eigenvalue weighted by Crippen LogP contribution is 2.49. The number of fused-ring (bicyclic) bond motifs is 2. The van der Waals surface area contributed by atoms with Crippen LogP contribution >= 0.6 is 0 Å². The summed E-state index contributed by atoms with van der Waals surface area (Å²) in [5.41, 5.74) is 0. The first-order valence-electron chi connectivity index (χ1n) is 9.20. The lowest BCUT2D eigenvalue weighted by Crippen LogP contribution is -2.40. The lowest BCUT2D eigenvalue weighted by molar-refractivity contribution is -0.153. The van der Waals surface area contributed by atoms with Crippen LogP contribution in [0.2, 0.25) is 0 Å². The summed E-state index contributed by atoms with van der Waals surface area (Å²) in [6.45, 7) is -0.141. The van der Waals surface area contributed by atoms with E-state index >= 15 is 0 Å². The number of nitrogens with zero attached hydrogens (tertiary/aromatic N) is 1. The van der Waals surface area contributed by atoms with Crippen molar-refractivity contribution in [3.63, 3.8) is 0 Å². The summed E-state index contributed by atoms with van der Waals surface area (Å²) in [4.78, 5) is 37.1. The highest BCUT2D eigenvalue weighted by molar-refractivity contribution is 5.86. The molecule has 26 heavy (non-hydrogen) atoms. The van der Waals surface area contributed by atoms with Crippen LogP contribution in [0.1, 0.15) is 37.9 Å². The zero-order chi connectivity index (χ0) is 18.5. The van der Waals surface area contributed by atoms with Crippen molar-refractivity contribution in [2.45, 2.75) is 38.6 Å². The van der Waals surface area contributed by atoms with Gasteiger partial charge in [-0.1, -0.05) is 6.42 Å². The van der Waals surface area contributed by atoms with Crippen LogP contribution < -0.4 is 5.32 Å². The fraction of sp³-hybridized carbons (Fsp3) is 0.632. The van der Waals surface area contributed by atoms with E-state index in [4.69, 9.17) is 9.15 Å². The maximum atomic E-state index is 12.0. The Bertz CT molecular complexity index is 642. The lowest BCUT2D eigenvalue weighted by Gasteiger charge is -2.21. The number of hydrogen-bond donors (Lipinski definition) is 1. The van der Waals surface area contributed by atoms with Gasteiger partial charge in [-0.25, -0.2) is 0 Å². The molecule has 2 fully saturated rings. The minimum atomic E-state index is -0.389. The molecule has 0 aromatic carbocycles. The van der Waals surface area contributed by atoms with Crippen LogP contribution in [0.5, 0.6) is 0 Å². The summed E-state index contributed by atoms with van der Waals surface area (Å²) in [6.07, 6.45) is 6.80. The Morgan fingerprint density at radius 1 is 1.31 bits per heavy atom. The molecule has 2 saturated carbocycles. The van der Waals surface area contributed by atoms with Crippen molar-refractivity contribution in [2.24, 2.45) is 17.8 Å². The van der Waals surface area contributed by atoms with Gasteiger partial charge in [-0.3, -0.25) is 14.4 Å². The van der Waals surface area contributed by atoms with Crippen LogP contribution in [-0.2, 0) is 25.7 Å². The number of nitrogens with one attached hydrogen (secondary N) is 1. The maximum absolute atomic E-state index is 12.0. The van der Waals surface area contributed by atoms with Gasteiger partial charge >= 0.3 is 5.97 Å². The highest BCUT2D eigenvalue weighted by atomic mass is 16.5. The third-order valence-corrected chi connectivity index (χ3v) is 5.52. The molecule has 1 heterocycles. The third-order valence-electron chi connectivity index (χ3n) is 5.52. The number of likely N-dealkylation sites (N-methyl/N-ethyl adjacent to an activating group) is 1. The molecule has 0 unspecified atom stereocenters. The number of esters is 1. The smallest absolute Gasteiger partial charge is 0.306 e. The lowest BCUT2D eigenvalue weighted by atomic mass is 9.86. The minimum absolute atomic E-state index is 0.0938. The van der Waals surface area contributed by atoms with Crippen LogP contribution in [0, 0.1) is 17.8 Å². The van der Waals surface area contributed by atoms with Gasteiger partial charge in [-0.05, 0) is 49.1 Å². The van der Waals surface area contributed by atoms with Gasteiger partial charge in [0.25, 0.3) is 5.91 Å². The average Bonchev–Trinajstić information content (AvgIpc) is 3.35. The summed E-state index contributed by atoms with van der Waals surface area (Å²) < 4.78 is 10.2. The van der Waals surface area contributed by atoms with Gasteiger partial charge in [-0.2, -0.15) is 0 Å². The van der Waals surface area contributed by atoms with Gasteiger partial charge in [0.05, 0.1) is 19.4 Å². The molecule has 0 aliphatic heterocycles. The van der Waals surface area contributed by atoms with Gasteiger partial charge in [-0.15, -0.1) is 0 Å². The van der Waals surface area contributed by atoms with E-state index in [0.717, 1.165) is 12.3 Å². The van der Waals surface area contributed by atoms with E-state index in [1.807, 2.05) is 0 Å². The number of carbonyl (C=O) groups is 3.